The number of nitrogens with zero attached hydrogens (tertiary/aromatic N) is 2. The summed E-state index contributed by atoms with van der Waals surface area (Å²) >= 11 is 0. The van der Waals surface area contributed by atoms with Gasteiger partial charge in [-0.2, -0.15) is 0 Å². The van der Waals surface area contributed by atoms with Gasteiger partial charge in [0.2, 0.25) is 5.91 Å². The van der Waals surface area contributed by atoms with Crippen LogP contribution in [0.4, 0.5) is 0 Å². The SMILES string of the molecule is CN(C)C1CCN(C(=O)[C@@H](N)Cc2ccc(O)cc2)CC1. The zero-order valence-electron chi connectivity index (χ0n) is 12.8. The summed E-state index contributed by atoms with van der Waals surface area (Å²) in [5.41, 5.74) is 7.02. The molecule has 1 aliphatic heterocycles. The molecule has 0 aromatic heterocycles. The molecule has 0 saturated carbocycles. The summed E-state index contributed by atoms with van der Waals surface area (Å²) in [5.74, 6) is 0.254. The van der Waals surface area contributed by atoms with E-state index >= 15 is 0 Å². The van der Waals surface area contributed by atoms with E-state index in [0.29, 0.717) is 12.5 Å². The second-order valence-electron chi connectivity index (χ2n) is 6.00. The lowest BCUT2D eigenvalue weighted by Gasteiger charge is -2.36. The highest BCUT2D eigenvalue weighted by atomic mass is 16.3. The Labute approximate surface area is 126 Å². The molecule has 1 atom stereocenters. The van der Waals surface area contributed by atoms with Crippen LogP contribution in [0.5, 0.6) is 5.75 Å². The predicted octanol–water partition coefficient (Wildman–Crippen LogP) is 0.815. The van der Waals surface area contributed by atoms with E-state index < -0.39 is 6.04 Å². The molecule has 0 bridgehead atoms. The fraction of sp³-hybridized carbons (Fsp3) is 0.562. The van der Waals surface area contributed by atoms with Crippen LogP contribution in [0, 0.1) is 0 Å². The fourth-order valence-corrected chi connectivity index (χ4v) is 2.81. The number of carbonyl (C=O) groups excluding carboxylic acids is 1. The number of benzene rings is 1. The molecule has 1 amide bonds. The quantitative estimate of drug-likeness (QED) is 0.861. The summed E-state index contributed by atoms with van der Waals surface area (Å²) in [6, 6.07) is 6.90. The summed E-state index contributed by atoms with van der Waals surface area (Å²) in [4.78, 5) is 16.5. The van der Waals surface area contributed by atoms with Gasteiger partial charge in [-0.3, -0.25) is 4.79 Å². The van der Waals surface area contributed by atoms with E-state index in [1.807, 2.05) is 4.90 Å². The van der Waals surface area contributed by atoms with E-state index in [4.69, 9.17) is 5.73 Å². The third-order valence-electron chi connectivity index (χ3n) is 4.22. The summed E-state index contributed by atoms with van der Waals surface area (Å²) in [6.45, 7) is 1.57. The van der Waals surface area contributed by atoms with E-state index in [0.717, 1.165) is 31.5 Å². The highest BCUT2D eigenvalue weighted by molar-refractivity contribution is 5.82. The minimum Gasteiger partial charge on any atom is -0.508 e. The fourth-order valence-electron chi connectivity index (χ4n) is 2.81. The van der Waals surface area contributed by atoms with E-state index in [2.05, 4.69) is 19.0 Å². The predicted molar refractivity (Wildman–Crippen MR) is 83.1 cm³/mol. The van der Waals surface area contributed by atoms with Crippen LogP contribution in [0.25, 0.3) is 0 Å². The van der Waals surface area contributed by atoms with Crippen molar-refractivity contribution in [3.8, 4) is 5.75 Å². The Morgan fingerprint density at radius 2 is 1.90 bits per heavy atom. The van der Waals surface area contributed by atoms with E-state index in [-0.39, 0.29) is 11.7 Å². The minimum absolute atomic E-state index is 0.0280. The van der Waals surface area contributed by atoms with Crippen LogP contribution in [0.1, 0.15) is 18.4 Å². The molecule has 1 fully saturated rings. The normalized spacial score (nSPS) is 18.0. The van der Waals surface area contributed by atoms with Gasteiger partial charge in [0.1, 0.15) is 5.75 Å². The Balaban J connectivity index is 1.87. The van der Waals surface area contributed by atoms with E-state index in [1.165, 1.54) is 0 Å². The van der Waals surface area contributed by atoms with Gasteiger partial charge in [0.15, 0.2) is 0 Å². The number of phenols is 1. The molecule has 116 valence electrons. The van der Waals surface area contributed by atoms with Gasteiger partial charge in [-0.1, -0.05) is 12.1 Å². The van der Waals surface area contributed by atoms with Crippen molar-refractivity contribution in [1.82, 2.24) is 9.80 Å². The van der Waals surface area contributed by atoms with Crippen LogP contribution >= 0.6 is 0 Å². The van der Waals surface area contributed by atoms with Gasteiger partial charge in [-0.25, -0.2) is 0 Å². The Morgan fingerprint density at radius 3 is 2.43 bits per heavy atom. The van der Waals surface area contributed by atoms with Crippen LogP contribution in [-0.2, 0) is 11.2 Å². The number of aromatic hydroxyl groups is 1. The van der Waals surface area contributed by atoms with Gasteiger partial charge in [0, 0.05) is 19.1 Å². The number of likely N-dealkylation sites (tertiary alicyclic amines) is 1. The van der Waals surface area contributed by atoms with Crippen molar-refractivity contribution in [3.05, 3.63) is 29.8 Å². The molecule has 3 N–H and O–H groups in total. The third kappa shape index (κ3) is 4.19. The number of amides is 1. The highest BCUT2D eigenvalue weighted by Gasteiger charge is 2.27. The molecule has 2 rings (SSSR count). The Morgan fingerprint density at radius 1 is 1.33 bits per heavy atom. The lowest BCUT2D eigenvalue weighted by atomic mass is 10.0. The summed E-state index contributed by atoms with van der Waals surface area (Å²) in [5, 5.41) is 9.26. The van der Waals surface area contributed by atoms with Gasteiger partial charge >= 0.3 is 0 Å². The monoisotopic (exact) mass is 291 g/mol. The highest BCUT2D eigenvalue weighted by Crippen LogP contribution is 2.16. The molecule has 1 aromatic rings. The molecule has 0 aliphatic carbocycles. The summed E-state index contributed by atoms with van der Waals surface area (Å²) in [6.07, 6.45) is 2.52. The molecule has 0 spiro atoms. The molecule has 1 heterocycles. The first-order valence-corrected chi connectivity index (χ1v) is 7.46. The molecule has 5 heteroatoms. The second kappa shape index (κ2) is 6.91. The molecule has 0 unspecified atom stereocenters. The molecular formula is C16H25N3O2. The Kier molecular flexibility index (Phi) is 5.20. The molecular weight excluding hydrogens is 266 g/mol. The first-order chi connectivity index (χ1) is 9.97. The third-order valence-corrected chi connectivity index (χ3v) is 4.22. The Bertz CT molecular complexity index is 465. The van der Waals surface area contributed by atoms with Crippen LogP contribution in [-0.4, -0.2) is 60.1 Å². The number of hydrogen-bond donors (Lipinski definition) is 2. The van der Waals surface area contributed by atoms with Gasteiger partial charge in [0.05, 0.1) is 6.04 Å². The molecule has 21 heavy (non-hydrogen) atoms. The summed E-state index contributed by atoms with van der Waals surface area (Å²) in [7, 11) is 4.16. The number of phenolic OH excluding ortho intramolecular Hbond substituents is 1. The van der Waals surface area contributed by atoms with Gasteiger partial charge < -0.3 is 20.6 Å². The van der Waals surface area contributed by atoms with E-state index in [1.54, 1.807) is 24.3 Å². The maximum absolute atomic E-state index is 12.4. The molecule has 0 radical (unpaired) electrons. The van der Waals surface area contributed by atoms with Gasteiger partial charge in [-0.15, -0.1) is 0 Å². The van der Waals surface area contributed by atoms with Crippen molar-refractivity contribution < 1.29 is 9.90 Å². The molecule has 1 aliphatic rings. The number of nitrogens with two attached hydrogens (primary N) is 1. The molecule has 1 saturated heterocycles. The lowest BCUT2D eigenvalue weighted by molar-refractivity contribution is -0.134. The van der Waals surface area contributed by atoms with Crippen molar-refractivity contribution >= 4 is 5.91 Å². The number of piperidine rings is 1. The van der Waals surface area contributed by atoms with Gasteiger partial charge in [-0.05, 0) is 51.1 Å². The van der Waals surface area contributed by atoms with Crippen molar-refractivity contribution in [1.29, 1.82) is 0 Å². The van der Waals surface area contributed by atoms with Crippen LogP contribution < -0.4 is 5.73 Å². The smallest absolute Gasteiger partial charge is 0.239 e. The van der Waals surface area contributed by atoms with Crippen molar-refractivity contribution in [2.45, 2.75) is 31.3 Å². The standard InChI is InChI=1S/C16H25N3O2/c1-18(2)13-7-9-19(10-8-13)16(21)15(17)11-12-3-5-14(20)6-4-12/h3-6,13,15,20H,7-11,17H2,1-2H3/t15-/m0/s1. The zero-order chi connectivity index (χ0) is 15.4. The van der Waals surface area contributed by atoms with Crippen molar-refractivity contribution in [2.75, 3.05) is 27.2 Å². The first kappa shape index (κ1) is 15.8. The summed E-state index contributed by atoms with van der Waals surface area (Å²) < 4.78 is 0. The van der Waals surface area contributed by atoms with Crippen LogP contribution in [0.2, 0.25) is 0 Å². The minimum atomic E-state index is -0.509. The number of carbonyl (C=O) groups is 1. The second-order valence-corrected chi connectivity index (χ2v) is 6.00. The zero-order valence-corrected chi connectivity index (χ0v) is 12.8. The van der Waals surface area contributed by atoms with Crippen molar-refractivity contribution in [2.24, 2.45) is 5.73 Å². The van der Waals surface area contributed by atoms with E-state index in [9.17, 15) is 9.90 Å². The molecule has 5 nitrogen and oxygen atoms in total. The van der Waals surface area contributed by atoms with Crippen molar-refractivity contribution in [3.63, 3.8) is 0 Å². The lowest BCUT2D eigenvalue weighted by Crippen LogP contribution is -2.50. The topological polar surface area (TPSA) is 69.8 Å². The first-order valence-electron chi connectivity index (χ1n) is 7.46. The van der Waals surface area contributed by atoms with Gasteiger partial charge in [0.25, 0.3) is 0 Å². The average Bonchev–Trinajstić information content (AvgIpc) is 2.49. The number of hydrogen-bond acceptors (Lipinski definition) is 4. The number of rotatable bonds is 4. The Hall–Kier alpha value is -1.59. The largest absolute Gasteiger partial charge is 0.508 e. The van der Waals surface area contributed by atoms with Crippen LogP contribution in [0.15, 0.2) is 24.3 Å². The maximum Gasteiger partial charge on any atom is 0.239 e. The maximum atomic E-state index is 12.4. The average molecular weight is 291 g/mol. The molecule has 1 aromatic carbocycles. The van der Waals surface area contributed by atoms with Crippen LogP contribution in [0.3, 0.4) is 0 Å².